The highest BCUT2D eigenvalue weighted by Crippen LogP contribution is 2.10. The quantitative estimate of drug-likeness (QED) is 0.838. The zero-order valence-electron chi connectivity index (χ0n) is 12.1. The summed E-state index contributed by atoms with van der Waals surface area (Å²) in [7, 11) is 0. The van der Waals surface area contributed by atoms with E-state index >= 15 is 0 Å². The summed E-state index contributed by atoms with van der Waals surface area (Å²) >= 11 is 0. The molecular formula is C13H22N4O3. The maximum atomic E-state index is 11.6. The van der Waals surface area contributed by atoms with Gasteiger partial charge in [-0.1, -0.05) is 12.1 Å². The lowest BCUT2D eigenvalue weighted by molar-refractivity contribution is 0.115. The Morgan fingerprint density at radius 2 is 2.40 bits per heavy atom. The Hall–Kier alpha value is -1.63. The Morgan fingerprint density at radius 1 is 1.55 bits per heavy atom. The Kier molecular flexibility index (Phi) is 5.34. The summed E-state index contributed by atoms with van der Waals surface area (Å²) in [6, 6.07) is 0.313. The molecule has 1 aromatic heterocycles. The van der Waals surface area contributed by atoms with E-state index in [1.807, 2.05) is 13.8 Å². The molecule has 0 aromatic carbocycles. The molecule has 0 radical (unpaired) electrons. The van der Waals surface area contributed by atoms with Gasteiger partial charge < -0.3 is 19.5 Å². The number of amides is 1. The van der Waals surface area contributed by atoms with Crippen LogP contribution in [0.25, 0.3) is 0 Å². The molecule has 7 nitrogen and oxygen atoms in total. The Morgan fingerprint density at radius 3 is 3.10 bits per heavy atom. The maximum Gasteiger partial charge on any atom is 0.409 e. The second-order valence-corrected chi connectivity index (χ2v) is 4.79. The fourth-order valence-electron chi connectivity index (χ4n) is 2.23. The van der Waals surface area contributed by atoms with Crippen molar-refractivity contribution < 1.29 is 14.1 Å². The van der Waals surface area contributed by atoms with Crippen molar-refractivity contribution in [1.82, 2.24) is 20.4 Å². The standard InChI is InChI=1S/C13H22N4O3/c1-3-11-15-12(20-16-11)5-7-14-10-6-8-17(9-10)13(18)19-4-2/h10,14H,3-9H2,1-2H3/t10-/m0/s1. The number of nitrogens with one attached hydrogen (secondary N) is 1. The van der Waals surface area contributed by atoms with Gasteiger partial charge in [0.25, 0.3) is 0 Å². The van der Waals surface area contributed by atoms with Gasteiger partial charge in [0.05, 0.1) is 6.61 Å². The van der Waals surface area contributed by atoms with Crippen LogP contribution >= 0.6 is 0 Å². The zero-order chi connectivity index (χ0) is 14.4. The topological polar surface area (TPSA) is 80.5 Å². The molecule has 1 aromatic rings. The van der Waals surface area contributed by atoms with Crippen LogP contribution in [0, 0.1) is 0 Å². The summed E-state index contributed by atoms with van der Waals surface area (Å²) in [6.45, 7) is 6.45. The van der Waals surface area contributed by atoms with Gasteiger partial charge in [-0.15, -0.1) is 0 Å². The minimum atomic E-state index is -0.221. The van der Waals surface area contributed by atoms with Gasteiger partial charge >= 0.3 is 6.09 Å². The molecule has 1 saturated heterocycles. The van der Waals surface area contributed by atoms with Crippen molar-refractivity contribution in [2.24, 2.45) is 0 Å². The first-order chi connectivity index (χ1) is 9.72. The van der Waals surface area contributed by atoms with Gasteiger partial charge in [0.1, 0.15) is 0 Å². The summed E-state index contributed by atoms with van der Waals surface area (Å²) in [4.78, 5) is 17.6. The molecule has 1 amide bonds. The number of likely N-dealkylation sites (tertiary alicyclic amines) is 1. The number of carbonyl (C=O) groups excluding carboxylic acids is 1. The average Bonchev–Trinajstić information content (AvgIpc) is 3.08. The van der Waals surface area contributed by atoms with Crippen LogP contribution in [-0.2, 0) is 17.6 Å². The zero-order valence-corrected chi connectivity index (χ0v) is 12.1. The first-order valence-corrected chi connectivity index (χ1v) is 7.19. The van der Waals surface area contributed by atoms with Crippen molar-refractivity contribution in [2.75, 3.05) is 26.2 Å². The number of aryl methyl sites for hydroxylation is 1. The average molecular weight is 282 g/mol. The number of aromatic nitrogens is 2. The van der Waals surface area contributed by atoms with Crippen LogP contribution in [-0.4, -0.2) is 53.4 Å². The lowest BCUT2D eigenvalue weighted by atomic mass is 10.2. The number of hydrogen-bond acceptors (Lipinski definition) is 6. The molecule has 0 spiro atoms. The van der Waals surface area contributed by atoms with E-state index in [0.29, 0.717) is 31.5 Å². The fourth-order valence-corrected chi connectivity index (χ4v) is 2.23. The van der Waals surface area contributed by atoms with Crippen molar-refractivity contribution in [3.05, 3.63) is 11.7 Å². The van der Waals surface area contributed by atoms with Crippen LogP contribution < -0.4 is 5.32 Å². The number of ether oxygens (including phenoxy) is 1. The lowest BCUT2D eigenvalue weighted by Crippen LogP contribution is -2.36. The van der Waals surface area contributed by atoms with Crippen LogP contribution in [0.3, 0.4) is 0 Å². The van der Waals surface area contributed by atoms with E-state index in [-0.39, 0.29) is 6.09 Å². The van der Waals surface area contributed by atoms with Gasteiger partial charge in [0, 0.05) is 38.5 Å². The van der Waals surface area contributed by atoms with E-state index in [4.69, 9.17) is 9.26 Å². The molecule has 1 atom stereocenters. The second kappa shape index (κ2) is 7.23. The van der Waals surface area contributed by atoms with Crippen molar-refractivity contribution >= 4 is 6.09 Å². The smallest absolute Gasteiger partial charge is 0.409 e. The molecule has 2 heterocycles. The molecule has 1 aliphatic heterocycles. The molecule has 112 valence electrons. The van der Waals surface area contributed by atoms with E-state index in [0.717, 1.165) is 31.8 Å². The van der Waals surface area contributed by atoms with Crippen LogP contribution in [0.5, 0.6) is 0 Å². The highest BCUT2D eigenvalue weighted by Gasteiger charge is 2.26. The summed E-state index contributed by atoms with van der Waals surface area (Å²) in [5.41, 5.74) is 0. The van der Waals surface area contributed by atoms with Crippen molar-refractivity contribution in [1.29, 1.82) is 0 Å². The van der Waals surface area contributed by atoms with Crippen molar-refractivity contribution in [3.8, 4) is 0 Å². The molecule has 0 bridgehead atoms. The molecule has 0 aliphatic carbocycles. The summed E-state index contributed by atoms with van der Waals surface area (Å²) < 4.78 is 10.1. The predicted octanol–water partition coefficient (Wildman–Crippen LogP) is 0.995. The minimum Gasteiger partial charge on any atom is -0.450 e. The van der Waals surface area contributed by atoms with E-state index in [1.54, 1.807) is 4.90 Å². The lowest BCUT2D eigenvalue weighted by Gasteiger charge is -2.16. The first-order valence-electron chi connectivity index (χ1n) is 7.19. The van der Waals surface area contributed by atoms with Crippen LogP contribution in [0.2, 0.25) is 0 Å². The molecule has 7 heteroatoms. The molecule has 0 saturated carbocycles. The summed E-state index contributed by atoms with van der Waals surface area (Å²) in [5.74, 6) is 1.41. The molecule has 1 N–H and O–H groups in total. The van der Waals surface area contributed by atoms with Crippen LogP contribution in [0.4, 0.5) is 4.79 Å². The van der Waals surface area contributed by atoms with Gasteiger partial charge in [0.15, 0.2) is 5.82 Å². The number of nitrogens with zero attached hydrogens (tertiary/aromatic N) is 3. The highest BCUT2D eigenvalue weighted by atomic mass is 16.6. The van der Waals surface area contributed by atoms with Gasteiger partial charge in [-0.2, -0.15) is 4.98 Å². The van der Waals surface area contributed by atoms with E-state index in [9.17, 15) is 4.79 Å². The molecule has 1 fully saturated rings. The third-order valence-electron chi connectivity index (χ3n) is 3.31. The Bertz CT molecular complexity index is 435. The predicted molar refractivity (Wildman–Crippen MR) is 72.4 cm³/mol. The van der Waals surface area contributed by atoms with Crippen LogP contribution in [0.1, 0.15) is 32.0 Å². The van der Waals surface area contributed by atoms with Gasteiger partial charge in [-0.05, 0) is 13.3 Å². The van der Waals surface area contributed by atoms with Crippen molar-refractivity contribution in [2.45, 2.75) is 39.2 Å². The molecule has 0 unspecified atom stereocenters. The molecule has 1 aliphatic rings. The Balaban J connectivity index is 1.66. The second-order valence-electron chi connectivity index (χ2n) is 4.79. The third-order valence-corrected chi connectivity index (χ3v) is 3.31. The van der Waals surface area contributed by atoms with Crippen LogP contribution in [0.15, 0.2) is 4.52 Å². The molecular weight excluding hydrogens is 260 g/mol. The first kappa shape index (κ1) is 14.8. The monoisotopic (exact) mass is 282 g/mol. The number of rotatable bonds is 6. The maximum absolute atomic E-state index is 11.6. The fraction of sp³-hybridized carbons (Fsp3) is 0.769. The minimum absolute atomic E-state index is 0.221. The highest BCUT2D eigenvalue weighted by molar-refractivity contribution is 5.68. The van der Waals surface area contributed by atoms with E-state index in [1.165, 1.54) is 0 Å². The SMILES string of the molecule is CCOC(=O)N1CC[C@H](NCCc2nc(CC)no2)C1. The van der Waals surface area contributed by atoms with Crippen molar-refractivity contribution in [3.63, 3.8) is 0 Å². The normalized spacial score (nSPS) is 18.5. The summed E-state index contributed by atoms with van der Waals surface area (Å²) in [6.07, 6.45) is 2.22. The van der Waals surface area contributed by atoms with Gasteiger partial charge in [-0.25, -0.2) is 4.79 Å². The summed E-state index contributed by atoms with van der Waals surface area (Å²) in [5, 5.41) is 7.26. The van der Waals surface area contributed by atoms with Gasteiger partial charge in [0.2, 0.25) is 5.89 Å². The number of carbonyl (C=O) groups is 1. The number of hydrogen-bond donors (Lipinski definition) is 1. The largest absolute Gasteiger partial charge is 0.450 e. The van der Waals surface area contributed by atoms with E-state index in [2.05, 4.69) is 15.5 Å². The van der Waals surface area contributed by atoms with E-state index < -0.39 is 0 Å². The Labute approximate surface area is 118 Å². The van der Waals surface area contributed by atoms with Gasteiger partial charge in [-0.3, -0.25) is 0 Å². The molecule has 20 heavy (non-hydrogen) atoms. The third kappa shape index (κ3) is 3.93. The molecule has 2 rings (SSSR count).